The van der Waals surface area contributed by atoms with Crippen molar-refractivity contribution in [3.8, 4) is 0 Å². The average molecular weight is 206 g/mol. The fourth-order valence-corrected chi connectivity index (χ4v) is 0. The van der Waals surface area contributed by atoms with Crippen LogP contribution in [0, 0.1) is 0 Å². The van der Waals surface area contributed by atoms with Crippen molar-refractivity contribution in [2.75, 3.05) is 0 Å². The van der Waals surface area contributed by atoms with Crippen molar-refractivity contribution < 1.29 is 0 Å². The fraction of sp³-hybridized carbons (Fsp3) is 1.00. The second-order valence-electron chi connectivity index (χ2n) is 0.163. The molecular formula is C5H20P2S2. The van der Waals surface area contributed by atoms with Crippen LogP contribution < -0.4 is 0 Å². The van der Waals surface area contributed by atoms with Gasteiger partial charge < -0.3 is 0 Å². The van der Waals surface area contributed by atoms with Crippen molar-refractivity contribution in [2.45, 2.75) is 37.1 Å². The zero-order valence-corrected chi connectivity index (χ0v) is 5.13. The lowest BCUT2D eigenvalue weighted by Gasteiger charge is -1.34. The van der Waals surface area contributed by atoms with E-state index in [-0.39, 0.29) is 37.1 Å². The number of hydrogen-bond acceptors (Lipinski definition) is 2. The third-order valence-corrected chi connectivity index (χ3v) is 2.70. The molecule has 0 N–H and O–H groups in total. The van der Waals surface area contributed by atoms with E-state index in [1.165, 1.54) is 0 Å². The normalized spacial score (nSPS) is 4.00. The molecule has 0 saturated heterocycles. The van der Waals surface area contributed by atoms with Crippen molar-refractivity contribution in [1.29, 1.82) is 0 Å². The molecule has 0 aromatic heterocycles. The lowest BCUT2D eigenvalue weighted by molar-refractivity contribution is 2.50. The van der Waals surface area contributed by atoms with E-state index >= 15 is 0 Å². The Morgan fingerprint density at radius 3 is 0.667 bits per heavy atom. The summed E-state index contributed by atoms with van der Waals surface area (Å²) in [6, 6.07) is 0. The maximum absolute atomic E-state index is 4.41. The SMILES string of the molecule is C.C.C.C.C.S=PP=S. The first-order chi connectivity index (χ1) is 1.91. The van der Waals surface area contributed by atoms with Crippen molar-refractivity contribution in [1.82, 2.24) is 0 Å². The van der Waals surface area contributed by atoms with Crippen molar-refractivity contribution in [2.24, 2.45) is 0 Å². The molecule has 62 valence electrons. The predicted octanol–water partition coefficient (Wildman–Crippen LogP) is 4.90. The highest BCUT2D eigenvalue weighted by Gasteiger charge is 1.39. The van der Waals surface area contributed by atoms with E-state index in [0.29, 0.717) is 0 Å². The smallest absolute Gasteiger partial charge is 0.0464 e. The van der Waals surface area contributed by atoms with E-state index in [4.69, 9.17) is 0 Å². The van der Waals surface area contributed by atoms with Gasteiger partial charge in [0, 0.05) is 14.1 Å². The summed E-state index contributed by atoms with van der Waals surface area (Å²) in [5.74, 6) is 0. The Labute approximate surface area is 75.0 Å². The molecule has 0 atom stereocenters. The van der Waals surface area contributed by atoms with Gasteiger partial charge in [-0.05, 0) is 23.6 Å². The molecule has 0 aromatic carbocycles. The first kappa shape index (κ1) is 50.3. The van der Waals surface area contributed by atoms with E-state index in [1.807, 2.05) is 0 Å². The molecule has 9 heavy (non-hydrogen) atoms. The van der Waals surface area contributed by atoms with E-state index in [0.717, 1.165) is 14.1 Å². The van der Waals surface area contributed by atoms with Crippen LogP contribution in [0.25, 0.3) is 0 Å². The maximum atomic E-state index is 4.41. The molecule has 0 aliphatic carbocycles. The van der Waals surface area contributed by atoms with Crippen LogP contribution in [0.1, 0.15) is 37.1 Å². The Balaban J connectivity index is -0.00000000450. The second kappa shape index (κ2) is 63.2. The molecule has 0 nitrogen and oxygen atoms in total. The summed E-state index contributed by atoms with van der Waals surface area (Å²) >= 11 is 8.82. The highest BCUT2D eigenvalue weighted by Crippen LogP contribution is 2.10. The topological polar surface area (TPSA) is 0 Å². The van der Waals surface area contributed by atoms with Crippen LogP contribution in [0.4, 0.5) is 0 Å². The molecule has 0 saturated carbocycles. The predicted molar refractivity (Wildman–Crippen MR) is 62.2 cm³/mol. The zero-order valence-electron chi connectivity index (χ0n) is 1.71. The molecule has 4 heteroatoms. The molecular weight excluding hydrogens is 186 g/mol. The van der Waals surface area contributed by atoms with Crippen molar-refractivity contribution >= 4 is 37.7 Å². The van der Waals surface area contributed by atoms with Gasteiger partial charge in [-0.3, -0.25) is 0 Å². The first-order valence-electron chi connectivity index (χ1n) is 0.565. The Bertz CT molecular complexity index is 33.9. The minimum Gasteiger partial charge on any atom is -0.0776 e. The van der Waals surface area contributed by atoms with Crippen LogP contribution in [0.2, 0.25) is 0 Å². The lowest BCUT2D eigenvalue weighted by Crippen LogP contribution is -0.780. The van der Waals surface area contributed by atoms with Crippen LogP contribution in [0.15, 0.2) is 0 Å². The van der Waals surface area contributed by atoms with Crippen molar-refractivity contribution in [3.63, 3.8) is 0 Å². The Morgan fingerprint density at radius 2 is 0.667 bits per heavy atom. The van der Waals surface area contributed by atoms with E-state index in [1.54, 1.807) is 0 Å². The fourth-order valence-electron chi connectivity index (χ4n) is 0. The molecule has 0 unspecified atom stereocenters. The minimum absolute atomic E-state index is 0. The maximum Gasteiger partial charge on any atom is 0.0464 e. The van der Waals surface area contributed by atoms with Gasteiger partial charge in [0.25, 0.3) is 0 Å². The molecule has 0 radical (unpaired) electrons. The van der Waals surface area contributed by atoms with Gasteiger partial charge in [-0.1, -0.05) is 37.1 Å². The second-order valence-corrected chi connectivity index (χ2v) is 4.41. The van der Waals surface area contributed by atoms with Crippen LogP contribution >= 0.6 is 14.1 Å². The van der Waals surface area contributed by atoms with E-state index in [9.17, 15) is 0 Å². The Kier molecular flexibility index (Phi) is 353. The molecule has 0 rings (SSSR count). The standard InChI is InChI=1S/5CH4.P2S2/c;;;;;3-1-2-4/h5*1H4;. The summed E-state index contributed by atoms with van der Waals surface area (Å²) in [5, 5.41) is 0. The van der Waals surface area contributed by atoms with Crippen molar-refractivity contribution in [3.05, 3.63) is 0 Å². The lowest BCUT2D eigenvalue weighted by atomic mass is 12.0. The van der Waals surface area contributed by atoms with Crippen LogP contribution in [-0.2, 0) is 23.6 Å². The summed E-state index contributed by atoms with van der Waals surface area (Å²) in [4.78, 5) is 0. The highest BCUT2D eigenvalue weighted by molar-refractivity contribution is 8.40. The molecule has 0 aliphatic heterocycles. The highest BCUT2D eigenvalue weighted by atomic mass is 32.7. The van der Waals surface area contributed by atoms with Crippen LogP contribution in [0.5, 0.6) is 0 Å². The molecule has 0 bridgehead atoms. The van der Waals surface area contributed by atoms with Gasteiger partial charge >= 0.3 is 0 Å². The molecule has 0 spiro atoms. The van der Waals surface area contributed by atoms with Gasteiger partial charge in [-0.2, -0.15) is 0 Å². The number of hydrogen-bond donors (Lipinski definition) is 0. The van der Waals surface area contributed by atoms with Crippen LogP contribution in [-0.4, -0.2) is 0 Å². The summed E-state index contributed by atoms with van der Waals surface area (Å²) in [6.45, 7) is 0. The Hall–Kier alpha value is 1.04. The summed E-state index contributed by atoms with van der Waals surface area (Å²) < 4.78 is 0. The summed E-state index contributed by atoms with van der Waals surface area (Å²) in [5.41, 5.74) is 0. The average Bonchev–Trinajstić information content (AvgIpc) is 1.37. The molecule has 0 heterocycles. The molecule has 0 fully saturated rings. The minimum atomic E-state index is 0. The third kappa shape index (κ3) is 108. The number of rotatable bonds is 1. The van der Waals surface area contributed by atoms with E-state index < -0.39 is 0 Å². The van der Waals surface area contributed by atoms with Gasteiger partial charge in [0.05, 0.1) is 0 Å². The summed E-state index contributed by atoms with van der Waals surface area (Å²) in [6.07, 6.45) is 0. The van der Waals surface area contributed by atoms with Gasteiger partial charge in [0.1, 0.15) is 0 Å². The van der Waals surface area contributed by atoms with Gasteiger partial charge in [0.15, 0.2) is 0 Å². The molecule has 0 aromatic rings. The molecule has 0 aliphatic rings. The monoisotopic (exact) mass is 206 g/mol. The van der Waals surface area contributed by atoms with Gasteiger partial charge in [-0.25, -0.2) is 0 Å². The molecule has 0 amide bonds. The van der Waals surface area contributed by atoms with Crippen LogP contribution in [0.3, 0.4) is 0 Å². The quantitative estimate of drug-likeness (QED) is 0.560. The van der Waals surface area contributed by atoms with Gasteiger partial charge in [0.2, 0.25) is 0 Å². The van der Waals surface area contributed by atoms with Gasteiger partial charge in [-0.15, -0.1) is 0 Å². The zero-order chi connectivity index (χ0) is 3.41. The van der Waals surface area contributed by atoms with E-state index in [2.05, 4.69) is 23.6 Å². The summed E-state index contributed by atoms with van der Waals surface area (Å²) in [7, 11) is 1.74. The largest absolute Gasteiger partial charge is 0.0776 e. The Morgan fingerprint density at radius 1 is 0.556 bits per heavy atom. The third-order valence-electron chi connectivity index (χ3n) is 0.0333. The first-order valence-corrected chi connectivity index (χ1v) is 5.09.